The summed E-state index contributed by atoms with van der Waals surface area (Å²) in [5, 5.41) is 2.88. The molecule has 1 amide bonds. The van der Waals surface area contributed by atoms with Crippen molar-refractivity contribution in [2.75, 3.05) is 5.32 Å². The predicted molar refractivity (Wildman–Crippen MR) is 78.9 cm³/mol. The summed E-state index contributed by atoms with van der Waals surface area (Å²) < 4.78 is 0. The zero-order valence-corrected chi connectivity index (χ0v) is 11.4. The quantitative estimate of drug-likeness (QED) is 0.808. The van der Waals surface area contributed by atoms with Gasteiger partial charge < -0.3 is 11.1 Å². The van der Waals surface area contributed by atoms with Gasteiger partial charge >= 0.3 is 0 Å². The first-order chi connectivity index (χ1) is 9.65. The number of anilines is 1. The topological polar surface area (TPSA) is 68.0 Å². The molecule has 0 aromatic carbocycles. The third-order valence-corrected chi connectivity index (χ3v) is 3.92. The summed E-state index contributed by atoms with van der Waals surface area (Å²) in [6.07, 6.45) is 10.9. The monoisotopic (exact) mass is 267 g/mol. The lowest BCUT2D eigenvalue weighted by atomic mass is 9.79. The highest BCUT2D eigenvalue weighted by Gasteiger charge is 2.49. The summed E-state index contributed by atoms with van der Waals surface area (Å²) in [5.41, 5.74) is 8.21. The van der Waals surface area contributed by atoms with Crippen LogP contribution in [0, 0.1) is 0 Å². The molecule has 0 saturated carbocycles. The van der Waals surface area contributed by atoms with E-state index in [0.29, 0.717) is 24.4 Å². The van der Waals surface area contributed by atoms with Crippen LogP contribution in [-0.4, -0.2) is 10.9 Å². The molecule has 2 aliphatic rings. The first-order valence-corrected chi connectivity index (χ1v) is 6.71. The molecule has 0 bridgehead atoms. The molecule has 0 saturated heterocycles. The van der Waals surface area contributed by atoms with Crippen LogP contribution in [0.4, 0.5) is 5.82 Å². The molecule has 1 aromatic rings. The summed E-state index contributed by atoms with van der Waals surface area (Å²) in [6.45, 7) is 1.93. The number of pyridine rings is 1. The zero-order chi connectivity index (χ0) is 14.2. The maximum absolute atomic E-state index is 12.4. The van der Waals surface area contributed by atoms with E-state index >= 15 is 0 Å². The Bertz CT molecular complexity index is 657. The number of nitrogens with two attached hydrogens (primary N) is 1. The third-order valence-electron chi connectivity index (χ3n) is 3.92. The van der Waals surface area contributed by atoms with Crippen molar-refractivity contribution in [2.24, 2.45) is 5.73 Å². The predicted octanol–water partition coefficient (Wildman–Crippen LogP) is 2.41. The zero-order valence-electron chi connectivity index (χ0n) is 11.4. The molecule has 0 fully saturated rings. The molecule has 1 spiro atoms. The molecular formula is C16H17N3O. The minimum atomic E-state index is -0.494. The molecule has 1 aromatic heterocycles. The third kappa shape index (κ3) is 1.84. The van der Waals surface area contributed by atoms with Crippen molar-refractivity contribution in [1.82, 2.24) is 4.98 Å². The average Bonchev–Trinajstić information content (AvgIpc) is 2.95. The van der Waals surface area contributed by atoms with E-state index in [2.05, 4.69) is 16.4 Å². The number of carbonyl (C=O) groups is 1. The van der Waals surface area contributed by atoms with E-state index in [9.17, 15) is 4.79 Å². The van der Waals surface area contributed by atoms with Crippen LogP contribution in [-0.2, 0) is 10.2 Å². The SMILES string of the molecule is C/C=C\C(N)=C/C1=CCC2(C1)C(=O)Nc1ncccc12. The second-order valence-corrected chi connectivity index (χ2v) is 5.24. The van der Waals surface area contributed by atoms with Crippen molar-refractivity contribution in [3.05, 3.63) is 59.5 Å². The molecule has 4 heteroatoms. The van der Waals surface area contributed by atoms with Crippen molar-refractivity contribution >= 4 is 11.7 Å². The second kappa shape index (κ2) is 4.63. The highest BCUT2D eigenvalue weighted by atomic mass is 16.2. The summed E-state index contributed by atoms with van der Waals surface area (Å²) in [6, 6.07) is 3.86. The standard InChI is InChI=1S/C16H17N3O/c1-2-4-12(17)9-11-6-7-16(10-11)13-5-3-8-18-14(13)19-15(16)20/h2-6,8-9H,7,10,17H2,1H3,(H,18,19,20)/b4-2-,12-9+. The molecule has 1 aliphatic carbocycles. The van der Waals surface area contributed by atoms with Gasteiger partial charge in [-0.25, -0.2) is 4.98 Å². The number of aromatic nitrogens is 1. The normalized spacial score (nSPS) is 25.1. The van der Waals surface area contributed by atoms with E-state index in [4.69, 9.17) is 5.73 Å². The molecular weight excluding hydrogens is 250 g/mol. The highest BCUT2D eigenvalue weighted by Crippen LogP contribution is 2.47. The van der Waals surface area contributed by atoms with Crippen molar-refractivity contribution in [3.8, 4) is 0 Å². The Morgan fingerprint density at radius 3 is 3.20 bits per heavy atom. The molecule has 3 N–H and O–H groups in total. The fourth-order valence-electron chi connectivity index (χ4n) is 2.98. The van der Waals surface area contributed by atoms with Gasteiger partial charge in [0.25, 0.3) is 0 Å². The van der Waals surface area contributed by atoms with Crippen LogP contribution in [0.1, 0.15) is 25.3 Å². The lowest BCUT2D eigenvalue weighted by Gasteiger charge is -2.20. The van der Waals surface area contributed by atoms with Crippen LogP contribution in [0.5, 0.6) is 0 Å². The Balaban J connectivity index is 1.92. The molecule has 20 heavy (non-hydrogen) atoms. The van der Waals surface area contributed by atoms with Crippen LogP contribution >= 0.6 is 0 Å². The van der Waals surface area contributed by atoms with E-state index in [-0.39, 0.29) is 5.91 Å². The summed E-state index contributed by atoms with van der Waals surface area (Å²) in [7, 11) is 0. The van der Waals surface area contributed by atoms with E-state index in [1.54, 1.807) is 6.20 Å². The van der Waals surface area contributed by atoms with Gasteiger partial charge in [0.2, 0.25) is 5.91 Å². The first-order valence-electron chi connectivity index (χ1n) is 6.71. The molecule has 2 heterocycles. The molecule has 4 nitrogen and oxygen atoms in total. The van der Waals surface area contributed by atoms with Crippen molar-refractivity contribution in [2.45, 2.75) is 25.2 Å². The number of rotatable bonds is 2. The maximum Gasteiger partial charge on any atom is 0.236 e. The lowest BCUT2D eigenvalue weighted by molar-refractivity contribution is -0.120. The van der Waals surface area contributed by atoms with Gasteiger partial charge in [-0.2, -0.15) is 0 Å². The highest BCUT2D eigenvalue weighted by molar-refractivity contribution is 6.06. The summed E-state index contributed by atoms with van der Waals surface area (Å²) in [4.78, 5) is 16.6. The lowest BCUT2D eigenvalue weighted by Crippen LogP contribution is -2.31. The van der Waals surface area contributed by atoms with Gasteiger partial charge in [-0.15, -0.1) is 0 Å². The smallest absolute Gasteiger partial charge is 0.236 e. The van der Waals surface area contributed by atoms with Crippen molar-refractivity contribution in [3.63, 3.8) is 0 Å². The first kappa shape index (κ1) is 12.7. The van der Waals surface area contributed by atoms with E-state index in [0.717, 1.165) is 11.1 Å². The largest absolute Gasteiger partial charge is 0.399 e. The molecule has 1 unspecified atom stereocenters. The van der Waals surface area contributed by atoms with Gasteiger partial charge in [0.05, 0.1) is 5.41 Å². The fourth-order valence-corrected chi connectivity index (χ4v) is 2.98. The average molecular weight is 267 g/mol. The van der Waals surface area contributed by atoms with Crippen LogP contribution in [0.25, 0.3) is 0 Å². The van der Waals surface area contributed by atoms with Gasteiger partial charge in [-0.05, 0) is 43.6 Å². The molecule has 1 atom stereocenters. The van der Waals surface area contributed by atoms with Gasteiger partial charge in [0, 0.05) is 17.5 Å². The number of fused-ring (bicyclic) bond motifs is 2. The molecule has 3 rings (SSSR count). The van der Waals surface area contributed by atoms with Gasteiger partial charge in [-0.3, -0.25) is 4.79 Å². The number of hydrogen-bond donors (Lipinski definition) is 2. The maximum atomic E-state index is 12.4. The Labute approximate surface area is 118 Å². The molecule has 102 valence electrons. The summed E-state index contributed by atoms with van der Waals surface area (Å²) >= 11 is 0. The van der Waals surface area contributed by atoms with E-state index in [1.807, 2.05) is 37.3 Å². The Morgan fingerprint density at radius 1 is 1.55 bits per heavy atom. The minimum Gasteiger partial charge on any atom is -0.399 e. The van der Waals surface area contributed by atoms with Gasteiger partial charge in [0.15, 0.2) is 0 Å². The van der Waals surface area contributed by atoms with Crippen LogP contribution < -0.4 is 11.1 Å². The summed E-state index contributed by atoms with van der Waals surface area (Å²) in [5.74, 6) is 0.730. The van der Waals surface area contributed by atoms with E-state index < -0.39 is 5.41 Å². The Kier molecular flexibility index (Phi) is 2.93. The van der Waals surface area contributed by atoms with Crippen LogP contribution in [0.3, 0.4) is 0 Å². The number of carbonyl (C=O) groups excluding carboxylic acids is 1. The number of allylic oxidation sites excluding steroid dienone is 5. The number of nitrogens with zero attached hydrogens (tertiary/aromatic N) is 1. The fraction of sp³-hybridized carbons (Fsp3) is 0.250. The second-order valence-electron chi connectivity index (χ2n) is 5.24. The van der Waals surface area contributed by atoms with Gasteiger partial charge in [-0.1, -0.05) is 18.2 Å². The molecule has 0 radical (unpaired) electrons. The van der Waals surface area contributed by atoms with Crippen LogP contribution in [0.15, 0.2) is 53.9 Å². The van der Waals surface area contributed by atoms with Gasteiger partial charge in [0.1, 0.15) is 5.82 Å². The Hall–Kier alpha value is -2.36. The van der Waals surface area contributed by atoms with Crippen LogP contribution in [0.2, 0.25) is 0 Å². The van der Waals surface area contributed by atoms with E-state index in [1.165, 1.54) is 0 Å². The minimum absolute atomic E-state index is 0.0375. The Morgan fingerprint density at radius 2 is 2.40 bits per heavy atom. The number of hydrogen-bond acceptors (Lipinski definition) is 3. The number of amides is 1. The van der Waals surface area contributed by atoms with Crippen molar-refractivity contribution < 1.29 is 4.79 Å². The molecule has 1 aliphatic heterocycles. The number of nitrogens with one attached hydrogen (secondary N) is 1. The van der Waals surface area contributed by atoms with Crippen molar-refractivity contribution in [1.29, 1.82) is 0 Å².